The lowest BCUT2D eigenvalue weighted by Crippen LogP contribution is -2.45. The Labute approximate surface area is 124 Å². The zero-order valence-electron chi connectivity index (χ0n) is 12.6. The quantitative estimate of drug-likeness (QED) is 0.724. The molecule has 0 spiro atoms. The van der Waals surface area contributed by atoms with Gasteiger partial charge in [-0.05, 0) is 31.4 Å². The molecule has 2 rings (SSSR count). The maximum atomic E-state index is 12.1. The molecule has 0 aliphatic rings. The van der Waals surface area contributed by atoms with Crippen LogP contribution in [0, 0.1) is 0 Å². The molecule has 1 aromatic carbocycles. The number of aromatic amines is 1. The molecule has 21 heavy (non-hydrogen) atoms. The van der Waals surface area contributed by atoms with E-state index in [0.29, 0.717) is 13.0 Å². The zero-order chi connectivity index (χ0) is 15.2. The van der Waals surface area contributed by atoms with Crippen LogP contribution in [-0.4, -0.2) is 36.7 Å². The van der Waals surface area contributed by atoms with Gasteiger partial charge < -0.3 is 20.8 Å². The summed E-state index contributed by atoms with van der Waals surface area (Å²) in [5, 5.41) is 4.04. The largest absolute Gasteiger partial charge is 0.385 e. The van der Waals surface area contributed by atoms with Crippen molar-refractivity contribution >= 4 is 16.8 Å². The summed E-state index contributed by atoms with van der Waals surface area (Å²) in [6.07, 6.45) is 3.22. The first-order chi connectivity index (χ1) is 10.1. The molecule has 4 N–H and O–H groups in total. The number of carbonyl (C=O) groups is 1. The van der Waals surface area contributed by atoms with E-state index in [1.54, 1.807) is 7.11 Å². The average molecular weight is 289 g/mol. The lowest BCUT2D eigenvalue weighted by molar-refractivity contribution is -0.123. The van der Waals surface area contributed by atoms with Crippen molar-refractivity contribution < 1.29 is 9.53 Å². The summed E-state index contributed by atoms with van der Waals surface area (Å²) in [6, 6.07) is 7.52. The first-order valence-electron chi connectivity index (χ1n) is 7.21. The number of amides is 1. The summed E-state index contributed by atoms with van der Waals surface area (Å²) >= 11 is 0. The van der Waals surface area contributed by atoms with Crippen molar-refractivity contribution in [1.82, 2.24) is 10.3 Å². The van der Waals surface area contributed by atoms with Crippen LogP contribution in [0.5, 0.6) is 0 Å². The van der Waals surface area contributed by atoms with Crippen molar-refractivity contribution in [2.75, 3.05) is 13.7 Å². The maximum Gasteiger partial charge on any atom is 0.237 e. The second-order valence-electron chi connectivity index (χ2n) is 5.36. The molecule has 1 aromatic heterocycles. The van der Waals surface area contributed by atoms with Crippen LogP contribution in [0.1, 0.15) is 18.9 Å². The minimum Gasteiger partial charge on any atom is -0.385 e. The van der Waals surface area contributed by atoms with Crippen LogP contribution in [0.25, 0.3) is 10.9 Å². The molecule has 0 aliphatic carbocycles. The molecule has 5 heteroatoms. The van der Waals surface area contributed by atoms with E-state index in [1.165, 1.54) is 0 Å². The van der Waals surface area contributed by atoms with E-state index in [-0.39, 0.29) is 11.9 Å². The van der Waals surface area contributed by atoms with Crippen molar-refractivity contribution in [3.8, 4) is 0 Å². The molecule has 114 valence electrons. The lowest BCUT2D eigenvalue weighted by atomic mass is 10.0. The molecule has 0 saturated carbocycles. The highest BCUT2D eigenvalue weighted by molar-refractivity contribution is 5.86. The maximum absolute atomic E-state index is 12.1. The van der Waals surface area contributed by atoms with Gasteiger partial charge in [-0.1, -0.05) is 18.2 Å². The van der Waals surface area contributed by atoms with Gasteiger partial charge in [0.25, 0.3) is 0 Å². The molecular weight excluding hydrogens is 266 g/mol. The average Bonchev–Trinajstić information content (AvgIpc) is 2.88. The molecular formula is C16H23N3O2. The fourth-order valence-electron chi connectivity index (χ4n) is 2.35. The molecule has 1 heterocycles. The normalized spacial score (nSPS) is 14.0. The van der Waals surface area contributed by atoms with Gasteiger partial charge >= 0.3 is 0 Å². The van der Waals surface area contributed by atoms with Gasteiger partial charge in [-0.2, -0.15) is 0 Å². The third kappa shape index (κ3) is 4.06. The summed E-state index contributed by atoms with van der Waals surface area (Å²) in [5.41, 5.74) is 8.15. The summed E-state index contributed by atoms with van der Waals surface area (Å²) in [5.74, 6) is -0.121. The van der Waals surface area contributed by atoms with Gasteiger partial charge in [-0.25, -0.2) is 0 Å². The predicted molar refractivity (Wildman–Crippen MR) is 84.1 cm³/mol. The topological polar surface area (TPSA) is 80.1 Å². The number of carbonyl (C=O) groups excluding carboxylic acids is 1. The number of methoxy groups -OCH3 is 1. The predicted octanol–water partition coefficient (Wildman–Crippen LogP) is 1.58. The van der Waals surface area contributed by atoms with Crippen LogP contribution in [-0.2, 0) is 16.0 Å². The summed E-state index contributed by atoms with van der Waals surface area (Å²) in [7, 11) is 1.65. The number of para-hydroxylation sites is 1. The Bertz CT molecular complexity index is 594. The Morgan fingerprint density at radius 1 is 1.43 bits per heavy atom. The number of ether oxygens (including phenoxy) is 1. The van der Waals surface area contributed by atoms with E-state index in [2.05, 4.69) is 10.3 Å². The fourth-order valence-corrected chi connectivity index (χ4v) is 2.35. The summed E-state index contributed by atoms with van der Waals surface area (Å²) in [4.78, 5) is 15.3. The molecule has 0 fully saturated rings. The minimum atomic E-state index is -0.547. The molecule has 0 bridgehead atoms. The van der Waals surface area contributed by atoms with Crippen LogP contribution in [0.15, 0.2) is 30.5 Å². The van der Waals surface area contributed by atoms with Crippen LogP contribution in [0.3, 0.4) is 0 Å². The highest BCUT2D eigenvalue weighted by atomic mass is 16.5. The lowest BCUT2D eigenvalue weighted by Gasteiger charge is -2.17. The number of rotatable bonds is 7. The zero-order valence-corrected chi connectivity index (χ0v) is 12.6. The number of hydrogen-bond acceptors (Lipinski definition) is 3. The van der Waals surface area contributed by atoms with Gasteiger partial charge in [0.15, 0.2) is 0 Å². The van der Waals surface area contributed by atoms with Crippen LogP contribution in [0.4, 0.5) is 0 Å². The van der Waals surface area contributed by atoms with Crippen molar-refractivity contribution in [3.63, 3.8) is 0 Å². The van der Waals surface area contributed by atoms with Gasteiger partial charge in [-0.15, -0.1) is 0 Å². The van der Waals surface area contributed by atoms with Gasteiger partial charge in [0.1, 0.15) is 0 Å². The van der Waals surface area contributed by atoms with Crippen LogP contribution in [0.2, 0.25) is 0 Å². The second-order valence-corrected chi connectivity index (χ2v) is 5.36. The summed E-state index contributed by atoms with van der Waals surface area (Å²) < 4.78 is 5.00. The highest BCUT2D eigenvalue weighted by Crippen LogP contribution is 2.18. The number of nitrogens with one attached hydrogen (secondary N) is 2. The molecule has 0 radical (unpaired) electrons. The Morgan fingerprint density at radius 3 is 2.95 bits per heavy atom. The smallest absolute Gasteiger partial charge is 0.237 e. The standard InChI is InChI=1S/C16H23N3O2/c1-11(7-8-21-2)19-16(20)14(17)9-12-10-18-15-6-4-3-5-13(12)15/h3-6,10-11,14,18H,7-9,17H2,1-2H3,(H,19,20)/t11?,14-/m1/s1. The van der Waals surface area contributed by atoms with Gasteiger partial charge in [-0.3, -0.25) is 4.79 Å². The van der Waals surface area contributed by atoms with Crippen molar-refractivity contribution in [2.24, 2.45) is 5.73 Å². The number of hydrogen-bond donors (Lipinski definition) is 3. The fraction of sp³-hybridized carbons (Fsp3) is 0.438. The van der Waals surface area contributed by atoms with E-state index in [4.69, 9.17) is 10.5 Å². The van der Waals surface area contributed by atoms with Crippen LogP contribution >= 0.6 is 0 Å². The van der Waals surface area contributed by atoms with E-state index >= 15 is 0 Å². The minimum absolute atomic E-state index is 0.0615. The highest BCUT2D eigenvalue weighted by Gasteiger charge is 2.17. The van der Waals surface area contributed by atoms with E-state index in [0.717, 1.165) is 22.9 Å². The molecule has 0 saturated heterocycles. The Morgan fingerprint density at radius 2 is 2.19 bits per heavy atom. The molecule has 1 amide bonds. The number of aromatic nitrogens is 1. The SMILES string of the molecule is COCCC(C)NC(=O)[C@H](N)Cc1c[nH]c2ccccc12. The Balaban J connectivity index is 1.94. The van der Waals surface area contributed by atoms with Gasteiger partial charge in [0, 0.05) is 36.9 Å². The van der Waals surface area contributed by atoms with E-state index < -0.39 is 6.04 Å². The number of nitrogens with two attached hydrogens (primary N) is 1. The van der Waals surface area contributed by atoms with Gasteiger partial charge in [0.05, 0.1) is 6.04 Å². The number of H-pyrrole nitrogens is 1. The first-order valence-corrected chi connectivity index (χ1v) is 7.21. The van der Waals surface area contributed by atoms with Gasteiger partial charge in [0.2, 0.25) is 5.91 Å². The molecule has 0 aliphatic heterocycles. The molecule has 2 aromatic rings. The number of benzene rings is 1. The van der Waals surface area contributed by atoms with E-state index in [1.807, 2.05) is 37.4 Å². The molecule has 5 nitrogen and oxygen atoms in total. The monoisotopic (exact) mass is 289 g/mol. The molecule has 2 atom stereocenters. The molecule has 1 unspecified atom stereocenters. The Hall–Kier alpha value is -1.85. The van der Waals surface area contributed by atoms with Crippen molar-refractivity contribution in [2.45, 2.75) is 31.8 Å². The van der Waals surface area contributed by atoms with Crippen molar-refractivity contribution in [1.29, 1.82) is 0 Å². The number of fused-ring (bicyclic) bond motifs is 1. The summed E-state index contributed by atoms with van der Waals surface area (Å²) in [6.45, 7) is 2.58. The van der Waals surface area contributed by atoms with Crippen molar-refractivity contribution in [3.05, 3.63) is 36.0 Å². The second kappa shape index (κ2) is 7.24. The van der Waals surface area contributed by atoms with Crippen LogP contribution < -0.4 is 11.1 Å². The Kier molecular flexibility index (Phi) is 5.36. The van der Waals surface area contributed by atoms with E-state index in [9.17, 15) is 4.79 Å². The third-order valence-electron chi connectivity index (χ3n) is 3.60. The third-order valence-corrected chi connectivity index (χ3v) is 3.60. The first kappa shape index (κ1) is 15.5.